The minimum absolute atomic E-state index is 0.292. The first-order valence-corrected chi connectivity index (χ1v) is 6.30. The third kappa shape index (κ3) is 2.37. The second-order valence-electron chi connectivity index (χ2n) is 5.22. The van der Waals surface area contributed by atoms with Gasteiger partial charge in [-0.25, -0.2) is 0 Å². The van der Waals surface area contributed by atoms with Crippen molar-refractivity contribution in [3.05, 3.63) is 21.9 Å². The van der Waals surface area contributed by atoms with Gasteiger partial charge in [-0.05, 0) is 40.1 Å². The van der Waals surface area contributed by atoms with E-state index in [1.807, 2.05) is 11.3 Å². The summed E-state index contributed by atoms with van der Waals surface area (Å²) < 4.78 is 0. The van der Waals surface area contributed by atoms with Gasteiger partial charge in [0.2, 0.25) is 0 Å². The maximum absolute atomic E-state index is 3.58. The van der Waals surface area contributed by atoms with Gasteiger partial charge in [-0.2, -0.15) is 11.3 Å². The Morgan fingerprint density at radius 2 is 2.07 bits per heavy atom. The second-order valence-corrected chi connectivity index (χ2v) is 5.96. The van der Waals surface area contributed by atoms with E-state index in [4.69, 9.17) is 0 Å². The maximum Gasteiger partial charge on any atom is 0.0219 e. The molecular weight excluding hydrogens is 190 g/mol. The lowest BCUT2D eigenvalue weighted by Gasteiger charge is -2.19. The van der Waals surface area contributed by atoms with Crippen LogP contribution < -0.4 is 5.32 Å². The van der Waals surface area contributed by atoms with E-state index in [0.29, 0.717) is 5.41 Å². The highest BCUT2D eigenvalue weighted by atomic mass is 32.1. The maximum atomic E-state index is 3.58. The van der Waals surface area contributed by atoms with E-state index in [0.717, 1.165) is 12.6 Å². The van der Waals surface area contributed by atoms with Crippen LogP contribution in [0.15, 0.2) is 10.8 Å². The van der Waals surface area contributed by atoms with Gasteiger partial charge < -0.3 is 5.32 Å². The van der Waals surface area contributed by atoms with Crippen molar-refractivity contribution in [1.29, 1.82) is 0 Å². The van der Waals surface area contributed by atoms with Gasteiger partial charge >= 0.3 is 0 Å². The van der Waals surface area contributed by atoms with Crippen molar-refractivity contribution >= 4 is 11.3 Å². The van der Waals surface area contributed by atoms with E-state index < -0.39 is 0 Å². The summed E-state index contributed by atoms with van der Waals surface area (Å²) in [7, 11) is 0. The third-order valence-electron chi connectivity index (χ3n) is 2.71. The molecule has 0 unspecified atom stereocenters. The summed E-state index contributed by atoms with van der Waals surface area (Å²) in [5, 5.41) is 8.16. The van der Waals surface area contributed by atoms with E-state index in [9.17, 15) is 0 Å². The fraction of sp³-hybridized carbons (Fsp3) is 0.667. The van der Waals surface area contributed by atoms with Crippen LogP contribution in [0, 0.1) is 0 Å². The molecule has 0 amide bonds. The van der Waals surface area contributed by atoms with Crippen molar-refractivity contribution in [3.63, 3.8) is 0 Å². The molecule has 0 radical (unpaired) electrons. The van der Waals surface area contributed by atoms with Crippen LogP contribution in [0.2, 0.25) is 0 Å². The predicted octanol–water partition coefficient (Wildman–Crippen LogP) is 3.30. The van der Waals surface area contributed by atoms with Crippen LogP contribution in [-0.2, 0) is 12.0 Å². The van der Waals surface area contributed by atoms with E-state index in [-0.39, 0.29) is 0 Å². The van der Waals surface area contributed by atoms with Crippen LogP contribution in [0.4, 0.5) is 0 Å². The average molecular weight is 209 g/mol. The lowest BCUT2D eigenvalue weighted by molar-refractivity contribution is 0.576. The molecule has 0 spiro atoms. The van der Waals surface area contributed by atoms with E-state index in [1.165, 1.54) is 24.0 Å². The molecule has 0 saturated heterocycles. The van der Waals surface area contributed by atoms with Crippen LogP contribution in [0.5, 0.6) is 0 Å². The van der Waals surface area contributed by atoms with E-state index in [1.54, 1.807) is 0 Å². The molecule has 0 aromatic carbocycles. The lowest BCUT2D eigenvalue weighted by Crippen LogP contribution is -2.19. The minimum atomic E-state index is 0.292. The molecule has 1 fully saturated rings. The van der Waals surface area contributed by atoms with Gasteiger partial charge in [0, 0.05) is 12.6 Å². The molecule has 0 atom stereocenters. The zero-order valence-electron chi connectivity index (χ0n) is 9.26. The van der Waals surface area contributed by atoms with E-state index >= 15 is 0 Å². The topological polar surface area (TPSA) is 12.0 Å². The Morgan fingerprint density at radius 1 is 1.36 bits per heavy atom. The molecule has 0 bridgehead atoms. The molecule has 1 N–H and O–H groups in total. The predicted molar refractivity (Wildman–Crippen MR) is 62.9 cm³/mol. The highest BCUT2D eigenvalue weighted by Gasteiger charge is 2.22. The van der Waals surface area contributed by atoms with Gasteiger partial charge in [-0.1, -0.05) is 20.8 Å². The van der Waals surface area contributed by atoms with Gasteiger partial charge in [0.15, 0.2) is 0 Å². The molecule has 1 heterocycles. The SMILES string of the molecule is CC(C)(C)c1cscc1CNC1CC1. The van der Waals surface area contributed by atoms with Crippen molar-refractivity contribution in [1.82, 2.24) is 5.32 Å². The first-order valence-electron chi connectivity index (χ1n) is 5.36. The van der Waals surface area contributed by atoms with Crippen LogP contribution in [0.3, 0.4) is 0 Å². The summed E-state index contributed by atoms with van der Waals surface area (Å²) in [5.74, 6) is 0. The van der Waals surface area contributed by atoms with Crippen molar-refractivity contribution in [2.75, 3.05) is 0 Å². The second kappa shape index (κ2) is 3.67. The molecule has 78 valence electrons. The van der Waals surface area contributed by atoms with Crippen LogP contribution in [0.25, 0.3) is 0 Å². The largest absolute Gasteiger partial charge is 0.310 e. The Balaban J connectivity index is 2.04. The molecule has 1 aromatic rings. The lowest BCUT2D eigenvalue weighted by atomic mass is 9.86. The Bertz CT molecular complexity index is 304. The van der Waals surface area contributed by atoms with Crippen LogP contribution >= 0.6 is 11.3 Å². The number of thiophene rings is 1. The summed E-state index contributed by atoms with van der Waals surface area (Å²) >= 11 is 1.83. The molecule has 1 saturated carbocycles. The van der Waals surface area contributed by atoms with Crippen LogP contribution in [0.1, 0.15) is 44.7 Å². The molecule has 1 aliphatic carbocycles. The average Bonchev–Trinajstić information content (AvgIpc) is 2.77. The number of hydrogen-bond acceptors (Lipinski definition) is 2. The molecule has 2 heteroatoms. The van der Waals surface area contributed by atoms with Crippen molar-refractivity contribution in [3.8, 4) is 0 Å². The fourth-order valence-electron chi connectivity index (χ4n) is 1.66. The molecule has 1 aliphatic rings. The first-order chi connectivity index (χ1) is 6.57. The van der Waals surface area contributed by atoms with Gasteiger partial charge in [-0.15, -0.1) is 0 Å². The normalized spacial score (nSPS) is 17.4. The number of rotatable bonds is 3. The quantitative estimate of drug-likeness (QED) is 0.805. The van der Waals surface area contributed by atoms with Crippen LogP contribution in [-0.4, -0.2) is 6.04 Å². The van der Waals surface area contributed by atoms with Crippen molar-refractivity contribution in [2.45, 2.75) is 51.6 Å². The third-order valence-corrected chi connectivity index (χ3v) is 3.50. The van der Waals surface area contributed by atoms with Gasteiger partial charge in [-0.3, -0.25) is 0 Å². The van der Waals surface area contributed by atoms with Gasteiger partial charge in [0.1, 0.15) is 0 Å². The monoisotopic (exact) mass is 209 g/mol. The molecular formula is C12H19NS. The Hall–Kier alpha value is -0.340. The summed E-state index contributed by atoms with van der Waals surface area (Å²) in [6.45, 7) is 7.92. The number of nitrogens with one attached hydrogen (secondary N) is 1. The highest BCUT2D eigenvalue weighted by Crippen LogP contribution is 2.29. The smallest absolute Gasteiger partial charge is 0.0219 e. The molecule has 1 nitrogen and oxygen atoms in total. The van der Waals surface area contributed by atoms with E-state index in [2.05, 4.69) is 36.8 Å². The molecule has 2 rings (SSSR count). The van der Waals surface area contributed by atoms with Crippen molar-refractivity contribution in [2.24, 2.45) is 0 Å². The standard InChI is InChI=1S/C12H19NS/c1-12(2,3)11-8-14-7-9(11)6-13-10-4-5-10/h7-8,10,13H,4-6H2,1-3H3. The van der Waals surface area contributed by atoms with Gasteiger partial charge in [0.25, 0.3) is 0 Å². The Labute approximate surface area is 90.5 Å². The molecule has 1 aromatic heterocycles. The summed E-state index contributed by atoms with van der Waals surface area (Å²) in [6.07, 6.45) is 2.74. The number of hydrogen-bond donors (Lipinski definition) is 1. The molecule has 14 heavy (non-hydrogen) atoms. The fourth-order valence-corrected chi connectivity index (χ4v) is 2.74. The summed E-state index contributed by atoms with van der Waals surface area (Å²) in [4.78, 5) is 0. The Morgan fingerprint density at radius 3 is 2.64 bits per heavy atom. The summed E-state index contributed by atoms with van der Waals surface area (Å²) in [6, 6.07) is 0.808. The Kier molecular flexibility index (Phi) is 2.67. The zero-order chi connectivity index (χ0) is 10.2. The molecule has 0 aliphatic heterocycles. The summed E-state index contributed by atoms with van der Waals surface area (Å²) in [5.41, 5.74) is 3.30. The minimum Gasteiger partial charge on any atom is -0.310 e. The zero-order valence-corrected chi connectivity index (χ0v) is 10.1. The first kappa shape index (κ1) is 10.2. The van der Waals surface area contributed by atoms with Gasteiger partial charge in [0.05, 0.1) is 0 Å². The highest BCUT2D eigenvalue weighted by molar-refractivity contribution is 7.08. The van der Waals surface area contributed by atoms with Crippen molar-refractivity contribution < 1.29 is 0 Å².